The zero-order valence-electron chi connectivity index (χ0n) is 8.44. The van der Waals surface area contributed by atoms with Crippen molar-refractivity contribution in [3.05, 3.63) is 29.0 Å². The van der Waals surface area contributed by atoms with E-state index in [9.17, 15) is 0 Å². The molecule has 78 valence electrons. The van der Waals surface area contributed by atoms with Crippen molar-refractivity contribution < 1.29 is 4.74 Å². The van der Waals surface area contributed by atoms with Crippen molar-refractivity contribution in [1.29, 1.82) is 5.26 Å². The lowest BCUT2D eigenvalue weighted by molar-refractivity contribution is 0.229. The van der Waals surface area contributed by atoms with Crippen LogP contribution in [0.5, 0.6) is 0 Å². The summed E-state index contributed by atoms with van der Waals surface area (Å²) < 4.78 is 5.36. The zero-order valence-corrected chi connectivity index (χ0v) is 9.19. The molecule has 0 fully saturated rings. The lowest BCUT2D eigenvalue weighted by Crippen LogP contribution is -2.13. The first-order valence-corrected chi connectivity index (χ1v) is 4.76. The van der Waals surface area contributed by atoms with Crippen LogP contribution in [0.15, 0.2) is 23.3 Å². The summed E-state index contributed by atoms with van der Waals surface area (Å²) in [6.07, 6.45) is 3.15. The van der Waals surface area contributed by atoms with Crippen LogP contribution in [0.4, 0.5) is 0 Å². The number of hydrogen-bond acceptors (Lipinski definition) is 4. The van der Waals surface area contributed by atoms with Gasteiger partial charge in [0.05, 0.1) is 11.7 Å². The van der Waals surface area contributed by atoms with E-state index in [2.05, 4.69) is 9.98 Å². The van der Waals surface area contributed by atoms with E-state index in [1.807, 2.05) is 13.8 Å². The van der Waals surface area contributed by atoms with E-state index < -0.39 is 0 Å². The average molecular weight is 224 g/mol. The molecule has 4 nitrogen and oxygen atoms in total. The molecule has 0 aliphatic heterocycles. The number of rotatable bonds is 2. The summed E-state index contributed by atoms with van der Waals surface area (Å²) in [5.74, 6) is 0.261. The fourth-order valence-electron chi connectivity index (χ4n) is 0.930. The molecule has 0 saturated carbocycles. The van der Waals surface area contributed by atoms with Crippen LogP contribution >= 0.6 is 11.6 Å². The van der Waals surface area contributed by atoms with Gasteiger partial charge in [-0.2, -0.15) is 5.26 Å². The molecule has 1 aromatic rings. The van der Waals surface area contributed by atoms with Crippen molar-refractivity contribution in [1.82, 2.24) is 4.98 Å². The Morgan fingerprint density at radius 2 is 2.33 bits per heavy atom. The summed E-state index contributed by atoms with van der Waals surface area (Å²) >= 11 is 5.64. The van der Waals surface area contributed by atoms with Crippen molar-refractivity contribution in [2.75, 3.05) is 0 Å². The molecular weight excluding hydrogens is 214 g/mol. The van der Waals surface area contributed by atoms with E-state index in [0.29, 0.717) is 10.7 Å². The van der Waals surface area contributed by atoms with E-state index >= 15 is 0 Å². The molecule has 5 heteroatoms. The highest BCUT2D eigenvalue weighted by atomic mass is 35.5. The highest BCUT2D eigenvalue weighted by Gasteiger charge is 2.07. The predicted octanol–water partition coefficient (Wildman–Crippen LogP) is 2.39. The molecule has 0 aliphatic rings. The van der Waals surface area contributed by atoms with Crippen LogP contribution < -0.4 is 0 Å². The Hall–Kier alpha value is -1.60. The summed E-state index contributed by atoms with van der Waals surface area (Å²) in [4.78, 5) is 7.47. The number of aliphatic imine (C=N–C) groups is 1. The van der Waals surface area contributed by atoms with Crippen LogP contribution in [0.3, 0.4) is 0 Å². The average Bonchev–Trinajstić information content (AvgIpc) is 2.17. The van der Waals surface area contributed by atoms with Crippen molar-refractivity contribution in [3.63, 3.8) is 0 Å². The monoisotopic (exact) mass is 223 g/mol. The van der Waals surface area contributed by atoms with Crippen LogP contribution in [-0.4, -0.2) is 17.0 Å². The van der Waals surface area contributed by atoms with Gasteiger partial charge in [-0.1, -0.05) is 11.6 Å². The molecule has 0 aromatic carbocycles. The highest BCUT2D eigenvalue weighted by molar-refractivity contribution is 6.29. The maximum atomic E-state index is 8.50. The summed E-state index contributed by atoms with van der Waals surface area (Å²) in [5, 5.41) is 8.89. The number of hydrogen-bond donors (Lipinski definition) is 0. The standard InChI is InChI=1S/C10H10ClN3O/c1-7(2)15-10(14-6-12)8-3-4-9(11)13-5-8/h3-5,7H,1-2H3. The largest absolute Gasteiger partial charge is 0.474 e. The first-order chi connectivity index (χ1) is 7.13. The van der Waals surface area contributed by atoms with Gasteiger partial charge in [0, 0.05) is 6.20 Å². The Morgan fingerprint density at radius 1 is 1.60 bits per heavy atom. The maximum Gasteiger partial charge on any atom is 0.233 e. The predicted molar refractivity (Wildman–Crippen MR) is 57.6 cm³/mol. The van der Waals surface area contributed by atoms with E-state index in [1.165, 1.54) is 6.20 Å². The minimum atomic E-state index is -0.0484. The topological polar surface area (TPSA) is 58.3 Å². The Balaban J connectivity index is 2.96. The van der Waals surface area contributed by atoms with Gasteiger partial charge in [-0.25, -0.2) is 4.98 Å². The number of ether oxygens (including phenoxy) is 1. The summed E-state index contributed by atoms with van der Waals surface area (Å²) in [6, 6.07) is 3.32. The first-order valence-electron chi connectivity index (χ1n) is 4.39. The Morgan fingerprint density at radius 3 is 2.80 bits per heavy atom. The molecule has 1 rings (SSSR count). The number of aromatic nitrogens is 1. The van der Waals surface area contributed by atoms with Crippen LogP contribution in [0.1, 0.15) is 19.4 Å². The molecule has 1 heterocycles. The third-order valence-corrected chi connectivity index (χ3v) is 1.70. The molecule has 0 N–H and O–H groups in total. The summed E-state index contributed by atoms with van der Waals surface area (Å²) in [5.41, 5.74) is 0.634. The van der Waals surface area contributed by atoms with E-state index in [0.717, 1.165) is 0 Å². The molecule has 0 unspecified atom stereocenters. The van der Waals surface area contributed by atoms with Crippen molar-refractivity contribution in [3.8, 4) is 6.19 Å². The van der Waals surface area contributed by atoms with Crippen molar-refractivity contribution in [2.24, 2.45) is 4.99 Å². The van der Waals surface area contributed by atoms with Gasteiger partial charge in [0.15, 0.2) is 0 Å². The van der Waals surface area contributed by atoms with Crippen molar-refractivity contribution >= 4 is 17.5 Å². The van der Waals surface area contributed by atoms with Crippen molar-refractivity contribution in [2.45, 2.75) is 20.0 Å². The Kier molecular flexibility index (Phi) is 4.07. The molecule has 0 atom stereocenters. The third kappa shape index (κ3) is 3.56. The van der Waals surface area contributed by atoms with E-state index in [1.54, 1.807) is 18.3 Å². The van der Waals surface area contributed by atoms with E-state index in [4.69, 9.17) is 21.6 Å². The van der Waals surface area contributed by atoms with Crippen LogP contribution in [0, 0.1) is 11.5 Å². The lowest BCUT2D eigenvalue weighted by Gasteiger charge is -2.10. The number of nitriles is 1. The lowest BCUT2D eigenvalue weighted by atomic mass is 10.3. The van der Waals surface area contributed by atoms with Crippen LogP contribution in [0.25, 0.3) is 0 Å². The van der Waals surface area contributed by atoms with Crippen LogP contribution in [-0.2, 0) is 4.74 Å². The van der Waals surface area contributed by atoms with Gasteiger partial charge in [0.25, 0.3) is 0 Å². The van der Waals surface area contributed by atoms with Gasteiger partial charge in [0.2, 0.25) is 12.1 Å². The zero-order chi connectivity index (χ0) is 11.3. The Bertz CT molecular complexity index is 392. The van der Waals surface area contributed by atoms with Gasteiger partial charge in [-0.05, 0) is 26.0 Å². The Labute approximate surface area is 93.2 Å². The second kappa shape index (κ2) is 5.32. The molecule has 0 spiro atoms. The fraction of sp³-hybridized carbons (Fsp3) is 0.300. The normalized spacial score (nSPS) is 11.3. The van der Waals surface area contributed by atoms with Gasteiger partial charge in [-0.15, -0.1) is 4.99 Å². The molecule has 0 bridgehead atoms. The van der Waals surface area contributed by atoms with Crippen LogP contribution in [0.2, 0.25) is 5.15 Å². The first kappa shape index (κ1) is 11.5. The number of nitrogens with zero attached hydrogens (tertiary/aromatic N) is 3. The SMILES string of the molecule is CC(C)OC(=NC#N)c1ccc(Cl)nc1. The molecule has 0 aliphatic carbocycles. The minimum absolute atomic E-state index is 0.0484. The quantitative estimate of drug-likeness (QED) is 0.335. The molecule has 0 saturated heterocycles. The second-order valence-corrected chi connectivity index (χ2v) is 3.44. The molecule has 15 heavy (non-hydrogen) atoms. The molecule has 1 aromatic heterocycles. The number of halogens is 1. The maximum absolute atomic E-state index is 8.50. The minimum Gasteiger partial charge on any atom is -0.474 e. The van der Waals surface area contributed by atoms with Gasteiger partial charge < -0.3 is 4.74 Å². The highest BCUT2D eigenvalue weighted by Crippen LogP contribution is 2.08. The summed E-state index contributed by atoms with van der Waals surface area (Å²) in [7, 11) is 0. The fourth-order valence-corrected chi connectivity index (χ4v) is 1.04. The third-order valence-electron chi connectivity index (χ3n) is 1.47. The van der Waals surface area contributed by atoms with Gasteiger partial charge in [0.1, 0.15) is 5.15 Å². The molecule has 0 radical (unpaired) electrons. The second-order valence-electron chi connectivity index (χ2n) is 3.05. The smallest absolute Gasteiger partial charge is 0.233 e. The van der Waals surface area contributed by atoms with E-state index in [-0.39, 0.29) is 12.0 Å². The molecular formula is C10H10ClN3O. The molecule has 0 amide bonds. The number of pyridine rings is 1. The van der Waals surface area contributed by atoms with Gasteiger partial charge >= 0.3 is 0 Å². The van der Waals surface area contributed by atoms with Gasteiger partial charge in [-0.3, -0.25) is 0 Å². The summed E-state index contributed by atoms with van der Waals surface area (Å²) in [6.45, 7) is 3.71.